The first-order valence-corrected chi connectivity index (χ1v) is 7.44. The van der Waals surface area contributed by atoms with Crippen molar-refractivity contribution in [2.75, 3.05) is 25.4 Å². The van der Waals surface area contributed by atoms with E-state index in [2.05, 4.69) is 18.7 Å². The lowest BCUT2D eigenvalue weighted by atomic mass is 10.0. The highest BCUT2D eigenvalue weighted by Crippen LogP contribution is 2.34. The number of rotatable bonds is 3. The van der Waals surface area contributed by atoms with Crippen molar-refractivity contribution in [3.05, 3.63) is 35.4 Å². The van der Waals surface area contributed by atoms with Crippen molar-refractivity contribution in [1.29, 1.82) is 0 Å². The van der Waals surface area contributed by atoms with E-state index in [0.29, 0.717) is 12.1 Å². The molecular formula is C14H20F2N2S. The first-order valence-electron chi connectivity index (χ1n) is 6.45. The molecule has 1 aromatic rings. The Labute approximate surface area is 117 Å². The van der Waals surface area contributed by atoms with Gasteiger partial charge in [-0.05, 0) is 31.5 Å². The van der Waals surface area contributed by atoms with E-state index in [1.54, 1.807) is 0 Å². The van der Waals surface area contributed by atoms with Gasteiger partial charge < -0.3 is 5.73 Å². The average molecular weight is 286 g/mol. The summed E-state index contributed by atoms with van der Waals surface area (Å²) in [6.07, 6.45) is 0. The van der Waals surface area contributed by atoms with Gasteiger partial charge in [0.25, 0.3) is 0 Å². The molecule has 19 heavy (non-hydrogen) atoms. The van der Waals surface area contributed by atoms with E-state index in [1.165, 1.54) is 12.1 Å². The molecule has 1 atom stereocenters. The molecule has 5 heteroatoms. The Morgan fingerprint density at radius 1 is 1.32 bits per heavy atom. The van der Waals surface area contributed by atoms with Crippen LogP contribution in [0.25, 0.3) is 0 Å². The number of nitrogens with zero attached hydrogens (tertiary/aromatic N) is 1. The Morgan fingerprint density at radius 2 is 1.95 bits per heavy atom. The van der Waals surface area contributed by atoms with Gasteiger partial charge in [-0.25, -0.2) is 8.78 Å². The van der Waals surface area contributed by atoms with Crippen LogP contribution < -0.4 is 5.73 Å². The van der Waals surface area contributed by atoms with E-state index in [-0.39, 0.29) is 10.8 Å². The number of thioether (sulfide) groups is 1. The normalized spacial score (nSPS) is 21.3. The Bertz CT molecular complexity index is 431. The lowest BCUT2D eigenvalue weighted by Crippen LogP contribution is -2.46. The summed E-state index contributed by atoms with van der Waals surface area (Å²) in [7, 11) is 0. The summed E-state index contributed by atoms with van der Waals surface area (Å²) in [6, 6.07) is 3.54. The Balaban J connectivity index is 2.23. The molecule has 0 radical (unpaired) electrons. The summed E-state index contributed by atoms with van der Waals surface area (Å²) in [6.45, 7) is 6.50. The molecule has 106 valence electrons. The molecule has 2 N–H and O–H groups in total. The molecule has 1 aliphatic rings. The minimum atomic E-state index is -0.543. The third kappa shape index (κ3) is 3.68. The van der Waals surface area contributed by atoms with Crippen LogP contribution in [-0.4, -0.2) is 35.0 Å². The van der Waals surface area contributed by atoms with Crippen LogP contribution in [-0.2, 0) is 0 Å². The van der Waals surface area contributed by atoms with Crippen LogP contribution in [0, 0.1) is 11.6 Å². The highest BCUT2D eigenvalue weighted by atomic mass is 32.2. The third-order valence-electron chi connectivity index (χ3n) is 3.39. The van der Waals surface area contributed by atoms with E-state index in [4.69, 9.17) is 5.73 Å². The van der Waals surface area contributed by atoms with E-state index in [0.717, 1.165) is 24.9 Å². The lowest BCUT2D eigenvalue weighted by molar-refractivity contribution is 0.191. The minimum absolute atomic E-state index is 0.120. The molecule has 1 unspecified atom stereocenters. The van der Waals surface area contributed by atoms with Crippen LogP contribution in [0.3, 0.4) is 0 Å². The van der Waals surface area contributed by atoms with Crippen molar-refractivity contribution >= 4 is 11.8 Å². The van der Waals surface area contributed by atoms with Gasteiger partial charge >= 0.3 is 0 Å². The molecule has 0 aromatic heterocycles. The number of nitrogens with two attached hydrogens (primary N) is 1. The summed E-state index contributed by atoms with van der Waals surface area (Å²) in [5.74, 6) is -0.0698. The zero-order valence-electron chi connectivity index (χ0n) is 11.3. The van der Waals surface area contributed by atoms with Gasteiger partial charge in [-0.2, -0.15) is 11.8 Å². The van der Waals surface area contributed by atoms with Crippen LogP contribution in [0.1, 0.15) is 25.5 Å². The summed E-state index contributed by atoms with van der Waals surface area (Å²) in [4.78, 5) is 2.23. The monoisotopic (exact) mass is 286 g/mol. The zero-order chi connectivity index (χ0) is 14.0. The molecule has 0 saturated carbocycles. The topological polar surface area (TPSA) is 29.3 Å². The van der Waals surface area contributed by atoms with Crippen LogP contribution in [0.15, 0.2) is 18.2 Å². The van der Waals surface area contributed by atoms with Crippen LogP contribution in [0.4, 0.5) is 8.78 Å². The van der Waals surface area contributed by atoms with Gasteiger partial charge in [-0.15, -0.1) is 0 Å². The maximum Gasteiger partial charge on any atom is 0.126 e. The summed E-state index contributed by atoms with van der Waals surface area (Å²) in [5.41, 5.74) is 6.46. The van der Waals surface area contributed by atoms with Gasteiger partial charge in [-0.1, -0.05) is 0 Å². The van der Waals surface area contributed by atoms with Gasteiger partial charge in [0.2, 0.25) is 0 Å². The van der Waals surface area contributed by atoms with Crippen molar-refractivity contribution in [2.45, 2.75) is 24.6 Å². The molecule has 2 nitrogen and oxygen atoms in total. The molecule has 1 aliphatic heterocycles. The summed E-state index contributed by atoms with van der Waals surface area (Å²) >= 11 is 1.92. The number of benzene rings is 1. The van der Waals surface area contributed by atoms with E-state index in [1.807, 2.05) is 11.8 Å². The summed E-state index contributed by atoms with van der Waals surface area (Å²) < 4.78 is 26.8. The van der Waals surface area contributed by atoms with Crippen molar-refractivity contribution < 1.29 is 8.78 Å². The van der Waals surface area contributed by atoms with Gasteiger partial charge in [-0.3, -0.25) is 4.90 Å². The fourth-order valence-electron chi connectivity index (χ4n) is 2.58. The SMILES string of the molecule is CC1(C)CN(C(CN)c2cc(F)cc(F)c2)CCS1. The molecule has 0 aliphatic carbocycles. The first kappa shape index (κ1) is 14.8. The molecular weight excluding hydrogens is 266 g/mol. The van der Waals surface area contributed by atoms with Gasteiger partial charge in [0, 0.05) is 42.2 Å². The second kappa shape index (κ2) is 5.77. The predicted molar refractivity (Wildman–Crippen MR) is 76.3 cm³/mol. The second-order valence-corrected chi connectivity index (χ2v) is 7.34. The second-order valence-electron chi connectivity index (χ2n) is 5.53. The highest BCUT2D eigenvalue weighted by Gasteiger charge is 2.31. The largest absolute Gasteiger partial charge is 0.329 e. The molecule has 1 fully saturated rings. The molecule has 1 saturated heterocycles. The van der Waals surface area contributed by atoms with Crippen LogP contribution in [0.2, 0.25) is 0 Å². The molecule has 0 amide bonds. The lowest BCUT2D eigenvalue weighted by Gasteiger charge is -2.41. The molecule has 0 spiro atoms. The third-order valence-corrected chi connectivity index (χ3v) is 4.69. The minimum Gasteiger partial charge on any atom is -0.329 e. The van der Waals surface area contributed by atoms with E-state index >= 15 is 0 Å². The molecule has 2 rings (SSSR count). The molecule has 1 aromatic carbocycles. The van der Waals surface area contributed by atoms with Gasteiger partial charge in [0.15, 0.2) is 0 Å². The quantitative estimate of drug-likeness (QED) is 0.926. The van der Waals surface area contributed by atoms with Crippen molar-refractivity contribution in [3.63, 3.8) is 0 Å². The maximum atomic E-state index is 13.3. The fourth-order valence-corrected chi connectivity index (χ4v) is 3.72. The Morgan fingerprint density at radius 3 is 2.47 bits per heavy atom. The van der Waals surface area contributed by atoms with Crippen molar-refractivity contribution in [3.8, 4) is 0 Å². The van der Waals surface area contributed by atoms with E-state index in [9.17, 15) is 8.78 Å². The number of hydrogen-bond acceptors (Lipinski definition) is 3. The molecule has 1 heterocycles. The average Bonchev–Trinajstić information content (AvgIpc) is 2.27. The predicted octanol–water partition coefficient (Wildman–Crippen LogP) is 2.79. The van der Waals surface area contributed by atoms with Crippen molar-refractivity contribution in [2.24, 2.45) is 5.73 Å². The van der Waals surface area contributed by atoms with Crippen LogP contribution in [0.5, 0.6) is 0 Å². The molecule has 0 bridgehead atoms. The maximum absolute atomic E-state index is 13.3. The number of hydrogen-bond donors (Lipinski definition) is 1. The summed E-state index contributed by atoms with van der Waals surface area (Å²) in [5, 5.41) is 0. The Hall–Kier alpha value is -0.650. The van der Waals surface area contributed by atoms with Gasteiger partial charge in [0.05, 0.1) is 0 Å². The highest BCUT2D eigenvalue weighted by molar-refractivity contribution is 8.00. The number of halogens is 2. The van der Waals surface area contributed by atoms with Crippen LogP contribution >= 0.6 is 11.8 Å². The van der Waals surface area contributed by atoms with Crippen molar-refractivity contribution in [1.82, 2.24) is 4.90 Å². The standard InChI is InChI=1S/C14H20F2N2S/c1-14(2)9-18(3-4-19-14)13(8-17)10-5-11(15)7-12(16)6-10/h5-7,13H,3-4,8-9,17H2,1-2H3. The Kier molecular flexibility index (Phi) is 4.48. The smallest absolute Gasteiger partial charge is 0.126 e. The van der Waals surface area contributed by atoms with Gasteiger partial charge in [0.1, 0.15) is 11.6 Å². The zero-order valence-corrected chi connectivity index (χ0v) is 12.1. The van der Waals surface area contributed by atoms with E-state index < -0.39 is 11.6 Å². The first-order chi connectivity index (χ1) is 8.91. The fraction of sp³-hybridized carbons (Fsp3) is 0.571.